The molecular weight excluding hydrogens is 448 g/mol. The van der Waals surface area contributed by atoms with Crippen LogP contribution in [0.2, 0.25) is 0 Å². The van der Waals surface area contributed by atoms with Crippen molar-refractivity contribution in [2.45, 2.75) is 45.8 Å². The summed E-state index contributed by atoms with van der Waals surface area (Å²) in [7, 11) is 0. The van der Waals surface area contributed by atoms with Gasteiger partial charge in [0.15, 0.2) is 5.82 Å². The van der Waals surface area contributed by atoms with Gasteiger partial charge in [0.1, 0.15) is 6.04 Å². The summed E-state index contributed by atoms with van der Waals surface area (Å²) in [6, 6.07) is 24.4. The topological polar surface area (TPSA) is 79.7 Å². The van der Waals surface area contributed by atoms with Crippen molar-refractivity contribution in [1.82, 2.24) is 25.2 Å². The Bertz CT molecular complexity index is 1620. The molecule has 36 heavy (non-hydrogen) atoms. The molecule has 0 fully saturated rings. The number of para-hydroxylation sites is 1. The molecule has 1 N–H and O–H groups in total. The maximum absolute atomic E-state index is 13.7. The zero-order chi connectivity index (χ0) is 24.8. The molecule has 5 aromatic rings. The van der Waals surface area contributed by atoms with E-state index in [0.717, 1.165) is 39.7 Å². The van der Waals surface area contributed by atoms with Crippen molar-refractivity contribution in [2.24, 2.45) is 0 Å². The van der Waals surface area contributed by atoms with Gasteiger partial charge in [-0.25, -0.2) is 4.68 Å². The molecule has 3 heterocycles. The Labute approximate surface area is 209 Å². The van der Waals surface area contributed by atoms with Crippen LogP contribution in [0.15, 0.2) is 77.6 Å². The lowest BCUT2D eigenvalue weighted by molar-refractivity contribution is 0.544. The van der Waals surface area contributed by atoms with Gasteiger partial charge in [-0.2, -0.15) is 0 Å². The van der Waals surface area contributed by atoms with Crippen LogP contribution in [0.3, 0.4) is 0 Å². The molecule has 0 aliphatic carbocycles. The van der Waals surface area contributed by atoms with Gasteiger partial charge in [-0.15, -0.1) is 5.10 Å². The molecule has 6 rings (SSSR count). The number of anilines is 1. The van der Waals surface area contributed by atoms with Crippen LogP contribution in [0.4, 0.5) is 5.69 Å². The van der Waals surface area contributed by atoms with Crippen LogP contribution in [0.5, 0.6) is 0 Å². The zero-order valence-corrected chi connectivity index (χ0v) is 20.6. The molecule has 7 nitrogen and oxygen atoms in total. The number of aromatic amines is 1. The minimum Gasteiger partial charge on any atom is -0.354 e. The molecule has 0 bridgehead atoms. The Morgan fingerprint density at radius 3 is 2.64 bits per heavy atom. The van der Waals surface area contributed by atoms with Gasteiger partial charge in [0.05, 0.1) is 6.54 Å². The summed E-state index contributed by atoms with van der Waals surface area (Å²) >= 11 is 0. The van der Waals surface area contributed by atoms with E-state index in [-0.39, 0.29) is 11.6 Å². The Morgan fingerprint density at radius 1 is 1.03 bits per heavy atom. The number of aromatic nitrogens is 5. The highest BCUT2D eigenvalue weighted by atomic mass is 16.1. The Hall–Kier alpha value is -4.26. The van der Waals surface area contributed by atoms with Crippen molar-refractivity contribution in [3.05, 3.63) is 117 Å². The van der Waals surface area contributed by atoms with Crippen molar-refractivity contribution >= 4 is 16.6 Å². The van der Waals surface area contributed by atoms with Gasteiger partial charge in [-0.05, 0) is 78.1 Å². The quantitative estimate of drug-likeness (QED) is 0.397. The number of benzene rings is 3. The molecule has 3 aromatic carbocycles. The van der Waals surface area contributed by atoms with E-state index in [4.69, 9.17) is 0 Å². The molecule has 2 atom stereocenters. The maximum Gasteiger partial charge on any atom is 0.254 e. The molecule has 0 unspecified atom stereocenters. The molecule has 0 radical (unpaired) electrons. The number of pyridine rings is 1. The molecular formula is C29H28N6O. The van der Waals surface area contributed by atoms with E-state index in [0.29, 0.717) is 17.9 Å². The first-order valence-corrected chi connectivity index (χ1v) is 12.3. The molecule has 0 amide bonds. The maximum atomic E-state index is 13.7. The molecule has 1 aliphatic rings. The smallest absolute Gasteiger partial charge is 0.254 e. The fourth-order valence-corrected chi connectivity index (χ4v) is 5.57. The summed E-state index contributed by atoms with van der Waals surface area (Å²) in [5.74, 6) is 0.650. The lowest BCUT2D eigenvalue weighted by Crippen LogP contribution is -2.39. The third-order valence-electron chi connectivity index (χ3n) is 7.15. The normalized spacial score (nSPS) is 15.9. The second-order valence-electron chi connectivity index (χ2n) is 9.77. The van der Waals surface area contributed by atoms with Crippen LogP contribution >= 0.6 is 0 Å². The van der Waals surface area contributed by atoms with Gasteiger partial charge in [0.2, 0.25) is 0 Å². The summed E-state index contributed by atoms with van der Waals surface area (Å²) in [5.41, 5.74) is 7.09. The molecule has 1 aliphatic heterocycles. The molecule has 0 saturated carbocycles. The predicted molar refractivity (Wildman–Crippen MR) is 141 cm³/mol. The van der Waals surface area contributed by atoms with E-state index in [2.05, 4.69) is 75.7 Å². The van der Waals surface area contributed by atoms with Gasteiger partial charge in [0.25, 0.3) is 5.56 Å². The van der Waals surface area contributed by atoms with Crippen molar-refractivity contribution < 1.29 is 0 Å². The summed E-state index contributed by atoms with van der Waals surface area (Å²) in [6.07, 6.45) is 0.899. The highest BCUT2D eigenvalue weighted by Gasteiger charge is 2.38. The largest absolute Gasteiger partial charge is 0.354 e. The number of nitrogens with one attached hydrogen (secondary N) is 1. The SMILES string of the molecule is Cc1cc(C)c2cc([C@H](c3nnnn3Cc3ccccc3)N3c4ccccc4C[C@@H]3C)c(=O)[nH]c2c1. The average molecular weight is 477 g/mol. The Kier molecular flexibility index (Phi) is 5.40. The van der Waals surface area contributed by atoms with Crippen molar-refractivity contribution in [3.8, 4) is 0 Å². The van der Waals surface area contributed by atoms with Crippen LogP contribution in [-0.4, -0.2) is 31.2 Å². The van der Waals surface area contributed by atoms with Gasteiger partial charge < -0.3 is 9.88 Å². The summed E-state index contributed by atoms with van der Waals surface area (Å²) in [4.78, 5) is 19.1. The van der Waals surface area contributed by atoms with Crippen LogP contribution in [0.1, 0.15) is 46.6 Å². The fraction of sp³-hybridized carbons (Fsp3) is 0.241. The minimum absolute atomic E-state index is 0.122. The Morgan fingerprint density at radius 2 is 1.81 bits per heavy atom. The third-order valence-corrected chi connectivity index (χ3v) is 7.15. The second-order valence-corrected chi connectivity index (χ2v) is 9.77. The van der Waals surface area contributed by atoms with Gasteiger partial charge in [0, 0.05) is 28.2 Å². The van der Waals surface area contributed by atoms with Crippen LogP contribution in [0.25, 0.3) is 10.9 Å². The molecule has 2 aromatic heterocycles. The van der Waals surface area contributed by atoms with E-state index in [1.807, 2.05) is 48.0 Å². The van der Waals surface area contributed by atoms with E-state index < -0.39 is 6.04 Å². The number of aryl methyl sites for hydroxylation is 2. The standard InChI is InChI=1S/C29H28N6O/c1-18-13-19(2)23-16-24(29(36)30-25(23)14-18)27(35-20(3)15-22-11-7-8-12-26(22)35)28-31-32-33-34(28)17-21-9-5-4-6-10-21/h4-14,16,20,27H,15,17H2,1-3H3,(H,30,36)/t20-,27+/m0/s1. The first-order valence-electron chi connectivity index (χ1n) is 12.3. The van der Waals surface area contributed by atoms with Crippen molar-refractivity contribution in [1.29, 1.82) is 0 Å². The molecule has 7 heteroatoms. The van der Waals surface area contributed by atoms with Crippen LogP contribution in [0, 0.1) is 13.8 Å². The minimum atomic E-state index is -0.448. The number of H-pyrrole nitrogens is 1. The number of tetrazole rings is 1. The second kappa shape index (κ2) is 8.75. The monoisotopic (exact) mass is 476 g/mol. The van der Waals surface area contributed by atoms with Crippen molar-refractivity contribution in [2.75, 3.05) is 4.90 Å². The fourth-order valence-electron chi connectivity index (χ4n) is 5.57. The number of nitrogens with zero attached hydrogens (tertiary/aromatic N) is 5. The van der Waals surface area contributed by atoms with E-state index in [1.165, 1.54) is 5.56 Å². The number of hydrogen-bond donors (Lipinski definition) is 1. The first-order chi connectivity index (χ1) is 17.5. The van der Waals surface area contributed by atoms with Crippen LogP contribution in [-0.2, 0) is 13.0 Å². The molecule has 180 valence electrons. The number of fused-ring (bicyclic) bond motifs is 2. The lowest BCUT2D eigenvalue weighted by atomic mass is 9.99. The van der Waals surface area contributed by atoms with E-state index >= 15 is 0 Å². The van der Waals surface area contributed by atoms with E-state index in [1.54, 1.807) is 0 Å². The Balaban J connectivity index is 1.57. The van der Waals surface area contributed by atoms with Crippen molar-refractivity contribution in [3.63, 3.8) is 0 Å². The summed E-state index contributed by atoms with van der Waals surface area (Å²) < 4.78 is 1.82. The average Bonchev–Trinajstić information content (AvgIpc) is 3.44. The number of hydrogen-bond acceptors (Lipinski definition) is 5. The highest BCUT2D eigenvalue weighted by Crippen LogP contribution is 2.40. The number of rotatable bonds is 5. The zero-order valence-electron chi connectivity index (χ0n) is 20.6. The first kappa shape index (κ1) is 22.2. The summed E-state index contributed by atoms with van der Waals surface area (Å²) in [6.45, 7) is 6.84. The predicted octanol–water partition coefficient (Wildman–Crippen LogP) is 4.72. The molecule has 0 saturated heterocycles. The summed E-state index contributed by atoms with van der Waals surface area (Å²) in [5, 5.41) is 13.9. The molecule has 0 spiro atoms. The van der Waals surface area contributed by atoms with Gasteiger partial charge in [-0.1, -0.05) is 54.6 Å². The third kappa shape index (κ3) is 3.77. The highest BCUT2D eigenvalue weighted by molar-refractivity contribution is 5.83. The lowest BCUT2D eigenvalue weighted by Gasteiger charge is -2.33. The van der Waals surface area contributed by atoms with E-state index in [9.17, 15) is 4.79 Å². The van der Waals surface area contributed by atoms with Gasteiger partial charge in [-0.3, -0.25) is 4.79 Å². The van der Waals surface area contributed by atoms with Crippen LogP contribution < -0.4 is 10.5 Å². The van der Waals surface area contributed by atoms with Gasteiger partial charge >= 0.3 is 0 Å².